The molecule has 2 heterocycles. The Balaban J connectivity index is 1.75. The summed E-state index contributed by atoms with van der Waals surface area (Å²) in [5.74, 6) is 1.08. The SMILES string of the molecule is COc1cccc(C2=NC3(CCN(C)CC3)NC(c3cc(Cl)ccc3O)C2)c1. The van der Waals surface area contributed by atoms with E-state index in [4.69, 9.17) is 21.3 Å². The van der Waals surface area contributed by atoms with Gasteiger partial charge in [-0.1, -0.05) is 23.7 Å². The molecule has 148 valence electrons. The maximum absolute atomic E-state index is 10.5. The summed E-state index contributed by atoms with van der Waals surface area (Å²) < 4.78 is 5.41. The Morgan fingerprint density at radius 2 is 2.00 bits per heavy atom. The number of benzene rings is 2. The van der Waals surface area contributed by atoms with Crippen molar-refractivity contribution in [2.75, 3.05) is 27.2 Å². The number of aliphatic imine (C=N–C) groups is 1. The van der Waals surface area contributed by atoms with Crippen molar-refractivity contribution in [2.45, 2.75) is 31.0 Å². The van der Waals surface area contributed by atoms with Crippen molar-refractivity contribution in [1.82, 2.24) is 10.2 Å². The predicted octanol–water partition coefficient (Wildman–Crippen LogP) is 4.00. The molecule has 28 heavy (non-hydrogen) atoms. The number of phenolic OH excluding ortho intramolecular Hbond substituents is 1. The highest BCUT2D eigenvalue weighted by molar-refractivity contribution is 6.30. The van der Waals surface area contributed by atoms with Crippen LogP contribution in [0.15, 0.2) is 47.5 Å². The molecule has 0 radical (unpaired) electrons. The van der Waals surface area contributed by atoms with Crippen molar-refractivity contribution in [2.24, 2.45) is 4.99 Å². The average molecular weight is 400 g/mol. The molecule has 1 saturated heterocycles. The highest BCUT2D eigenvalue weighted by atomic mass is 35.5. The molecule has 2 aliphatic rings. The maximum Gasteiger partial charge on any atom is 0.120 e. The highest BCUT2D eigenvalue weighted by Crippen LogP contribution is 2.38. The van der Waals surface area contributed by atoms with Gasteiger partial charge in [0.15, 0.2) is 0 Å². The molecule has 0 saturated carbocycles. The van der Waals surface area contributed by atoms with Gasteiger partial charge in [-0.15, -0.1) is 0 Å². The standard InChI is InChI=1S/C22H26ClN3O2/c1-26-10-8-22(9-11-26)24-19(15-4-3-5-17(12-15)28-2)14-20(25-22)18-13-16(23)6-7-21(18)27/h3-7,12-13,20,25,27H,8-11,14H2,1-2H3. The molecule has 4 rings (SSSR count). The van der Waals surface area contributed by atoms with Crippen LogP contribution in [0.5, 0.6) is 11.5 Å². The molecule has 2 aliphatic heterocycles. The van der Waals surface area contributed by atoms with Crippen LogP contribution in [-0.2, 0) is 0 Å². The normalized spacial score (nSPS) is 22.1. The van der Waals surface area contributed by atoms with E-state index in [-0.39, 0.29) is 17.5 Å². The van der Waals surface area contributed by atoms with Gasteiger partial charge in [0.1, 0.15) is 17.2 Å². The molecule has 0 aliphatic carbocycles. The van der Waals surface area contributed by atoms with Gasteiger partial charge < -0.3 is 14.7 Å². The third-order valence-electron chi connectivity index (χ3n) is 5.77. The van der Waals surface area contributed by atoms with E-state index in [2.05, 4.69) is 23.3 Å². The smallest absolute Gasteiger partial charge is 0.120 e. The average Bonchev–Trinajstić information content (AvgIpc) is 2.72. The topological polar surface area (TPSA) is 57.1 Å². The van der Waals surface area contributed by atoms with Gasteiger partial charge in [-0.25, -0.2) is 0 Å². The molecule has 0 amide bonds. The lowest BCUT2D eigenvalue weighted by Crippen LogP contribution is -2.55. The fourth-order valence-electron chi connectivity index (χ4n) is 4.13. The Morgan fingerprint density at radius 3 is 2.75 bits per heavy atom. The number of aromatic hydroxyl groups is 1. The number of nitrogens with zero attached hydrogens (tertiary/aromatic N) is 2. The van der Waals surface area contributed by atoms with Gasteiger partial charge in [0.25, 0.3) is 0 Å². The largest absolute Gasteiger partial charge is 0.508 e. The fraction of sp³-hybridized carbons (Fsp3) is 0.409. The van der Waals surface area contributed by atoms with E-state index in [0.29, 0.717) is 11.4 Å². The lowest BCUT2D eigenvalue weighted by Gasteiger charge is -2.44. The Morgan fingerprint density at radius 1 is 1.21 bits per heavy atom. The minimum atomic E-state index is -0.331. The Bertz CT molecular complexity index is 891. The van der Waals surface area contributed by atoms with Crippen molar-refractivity contribution in [3.63, 3.8) is 0 Å². The van der Waals surface area contributed by atoms with Crippen LogP contribution < -0.4 is 10.1 Å². The summed E-state index contributed by atoms with van der Waals surface area (Å²) in [6.07, 6.45) is 2.53. The molecule has 6 heteroatoms. The highest BCUT2D eigenvalue weighted by Gasteiger charge is 2.40. The monoisotopic (exact) mass is 399 g/mol. The third-order valence-corrected chi connectivity index (χ3v) is 6.01. The van der Waals surface area contributed by atoms with Crippen LogP contribution in [0, 0.1) is 0 Å². The van der Waals surface area contributed by atoms with Crippen molar-refractivity contribution in [3.05, 3.63) is 58.6 Å². The van der Waals surface area contributed by atoms with Gasteiger partial charge in [-0.05, 0) is 55.8 Å². The van der Waals surface area contributed by atoms with Crippen LogP contribution in [0.25, 0.3) is 0 Å². The van der Waals surface area contributed by atoms with E-state index in [9.17, 15) is 5.11 Å². The number of hydrogen-bond acceptors (Lipinski definition) is 5. The number of hydrogen-bond donors (Lipinski definition) is 2. The van der Waals surface area contributed by atoms with Crippen LogP contribution in [0.3, 0.4) is 0 Å². The number of phenols is 1. The molecule has 1 atom stereocenters. The summed E-state index contributed by atoms with van der Waals surface area (Å²) in [4.78, 5) is 7.52. The van der Waals surface area contributed by atoms with Gasteiger partial charge in [-0.3, -0.25) is 10.3 Å². The first kappa shape index (κ1) is 19.2. The molecular weight excluding hydrogens is 374 g/mol. The second kappa shape index (κ2) is 7.74. The van der Waals surface area contributed by atoms with E-state index in [1.54, 1.807) is 19.2 Å². The van der Waals surface area contributed by atoms with E-state index >= 15 is 0 Å². The lowest BCUT2D eigenvalue weighted by molar-refractivity contribution is 0.144. The number of nitrogens with one attached hydrogen (secondary N) is 1. The summed E-state index contributed by atoms with van der Waals surface area (Å²) in [6.45, 7) is 1.96. The van der Waals surface area contributed by atoms with Crippen molar-refractivity contribution >= 4 is 17.3 Å². The van der Waals surface area contributed by atoms with Gasteiger partial charge in [0, 0.05) is 41.8 Å². The molecule has 1 fully saturated rings. The summed E-state index contributed by atoms with van der Waals surface area (Å²) in [5, 5.41) is 14.8. The number of ether oxygens (including phenoxy) is 1. The quantitative estimate of drug-likeness (QED) is 0.819. The number of halogens is 1. The fourth-order valence-corrected chi connectivity index (χ4v) is 4.31. The molecule has 2 aromatic rings. The zero-order valence-corrected chi connectivity index (χ0v) is 17.0. The van der Waals surface area contributed by atoms with Crippen LogP contribution in [0.4, 0.5) is 0 Å². The second-order valence-electron chi connectivity index (χ2n) is 7.73. The summed E-state index contributed by atoms with van der Waals surface area (Å²) in [5.41, 5.74) is 2.58. The molecule has 1 unspecified atom stereocenters. The first-order chi connectivity index (χ1) is 13.5. The molecule has 0 aromatic heterocycles. The third kappa shape index (κ3) is 3.88. The summed E-state index contributed by atoms with van der Waals surface area (Å²) >= 11 is 6.23. The Kier molecular flexibility index (Phi) is 5.32. The maximum atomic E-state index is 10.5. The molecule has 0 bridgehead atoms. The number of rotatable bonds is 3. The Hall–Kier alpha value is -2.08. The van der Waals surface area contributed by atoms with Gasteiger partial charge in [0.2, 0.25) is 0 Å². The van der Waals surface area contributed by atoms with E-state index < -0.39 is 0 Å². The zero-order chi connectivity index (χ0) is 19.7. The zero-order valence-electron chi connectivity index (χ0n) is 16.3. The van der Waals surface area contributed by atoms with Crippen molar-refractivity contribution in [1.29, 1.82) is 0 Å². The lowest BCUT2D eigenvalue weighted by atomic mass is 9.87. The van der Waals surface area contributed by atoms with Gasteiger partial charge >= 0.3 is 0 Å². The van der Waals surface area contributed by atoms with E-state index in [1.807, 2.05) is 24.3 Å². The van der Waals surface area contributed by atoms with Crippen LogP contribution in [0.1, 0.15) is 36.4 Å². The second-order valence-corrected chi connectivity index (χ2v) is 8.17. The van der Waals surface area contributed by atoms with Crippen molar-refractivity contribution < 1.29 is 9.84 Å². The van der Waals surface area contributed by atoms with Gasteiger partial charge in [0.05, 0.1) is 7.11 Å². The number of methoxy groups -OCH3 is 1. The minimum Gasteiger partial charge on any atom is -0.508 e. The number of likely N-dealkylation sites (tertiary alicyclic amines) is 1. The first-order valence-corrected chi connectivity index (χ1v) is 10.0. The van der Waals surface area contributed by atoms with Gasteiger partial charge in [-0.2, -0.15) is 0 Å². The Labute approximate surface area is 171 Å². The van der Waals surface area contributed by atoms with Crippen LogP contribution in [-0.4, -0.2) is 48.6 Å². The summed E-state index contributed by atoms with van der Waals surface area (Å²) in [6, 6.07) is 13.2. The van der Waals surface area contributed by atoms with Crippen molar-refractivity contribution in [3.8, 4) is 11.5 Å². The van der Waals surface area contributed by atoms with Crippen LogP contribution in [0.2, 0.25) is 5.02 Å². The molecule has 5 nitrogen and oxygen atoms in total. The molecule has 2 N–H and O–H groups in total. The van der Waals surface area contributed by atoms with E-state index in [1.165, 1.54) is 0 Å². The predicted molar refractivity (Wildman–Crippen MR) is 113 cm³/mol. The molecule has 2 aromatic carbocycles. The van der Waals surface area contributed by atoms with Crippen LogP contribution >= 0.6 is 11.6 Å². The van der Waals surface area contributed by atoms with E-state index in [0.717, 1.165) is 48.5 Å². The number of piperidine rings is 1. The summed E-state index contributed by atoms with van der Waals surface area (Å²) in [7, 11) is 3.82. The molecular formula is C22H26ClN3O2. The molecule has 1 spiro atoms. The first-order valence-electron chi connectivity index (χ1n) is 9.66. The minimum absolute atomic E-state index is 0.0548.